The Morgan fingerprint density at radius 1 is 1.26 bits per heavy atom. The Morgan fingerprint density at radius 2 is 1.93 bits per heavy atom. The zero-order valence-electron chi connectivity index (χ0n) is 16.1. The highest BCUT2D eigenvalue weighted by molar-refractivity contribution is 6.06. The van der Waals surface area contributed by atoms with Gasteiger partial charge in [-0.05, 0) is 39.7 Å². The summed E-state index contributed by atoms with van der Waals surface area (Å²) < 4.78 is 5.46. The zero-order valence-corrected chi connectivity index (χ0v) is 16.1. The number of hydrazone groups is 1. The van der Waals surface area contributed by atoms with Crippen molar-refractivity contribution in [1.29, 1.82) is 0 Å². The Labute approximate surface area is 158 Å². The molecular formula is C20H25N3O4. The topological polar surface area (TPSA) is 88.1 Å². The molecule has 0 aromatic heterocycles. The predicted molar refractivity (Wildman–Crippen MR) is 100 cm³/mol. The maximum absolute atomic E-state index is 12.7. The maximum Gasteiger partial charge on any atom is 0.410 e. The van der Waals surface area contributed by atoms with Crippen molar-refractivity contribution >= 4 is 23.5 Å². The molecular weight excluding hydrogens is 346 g/mol. The molecule has 2 aliphatic rings. The van der Waals surface area contributed by atoms with Gasteiger partial charge < -0.3 is 4.74 Å². The van der Waals surface area contributed by atoms with Crippen molar-refractivity contribution in [2.75, 3.05) is 6.54 Å². The van der Waals surface area contributed by atoms with E-state index in [1.54, 1.807) is 20.8 Å². The molecule has 2 amide bonds. The van der Waals surface area contributed by atoms with E-state index in [-0.39, 0.29) is 24.7 Å². The second-order valence-electron chi connectivity index (χ2n) is 8.26. The number of likely N-dealkylation sites (tertiary alicyclic amines) is 1. The number of amides is 2. The van der Waals surface area contributed by atoms with E-state index in [9.17, 15) is 14.4 Å². The number of hydrogen-bond donors (Lipinski definition) is 1. The zero-order chi connectivity index (χ0) is 19.8. The van der Waals surface area contributed by atoms with Crippen LogP contribution in [0.25, 0.3) is 0 Å². The van der Waals surface area contributed by atoms with Crippen LogP contribution in [-0.4, -0.2) is 46.6 Å². The van der Waals surface area contributed by atoms with Crippen LogP contribution in [0.3, 0.4) is 0 Å². The highest BCUT2D eigenvalue weighted by Crippen LogP contribution is 2.41. The van der Waals surface area contributed by atoms with Gasteiger partial charge in [0.2, 0.25) is 5.91 Å². The molecule has 7 nitrogen and oxygen atoms in total. The lowest BCUT2D eigenvalue weighted by molar-refractivity contribution is -0.130. The van der Waals surface area contributed by atoms with Crippen LogP contribution in [0.5, 0.6) is 0 Å². The smallest absolute Gasteiger partial charge is 0.410 e. The molecule has 1 spiro atoms. The van der Waals surface area contributed by atoms with Gasteiger partial charge in [0.1, 0.15) is 5.60 Å². The van der Waals surface area contributed by atoms with Gasteiger partial charge >= 0.3 is 6.09 Å². The molecule has 1 fully saturated rings. The third kappa shape index (κ3) is 3.86. The van der Waals surface area contributed by atoms with Crippen molar-refractivity contribution in [3.05, 3.63) is 35.9 Å². The molecule has 2 heterocycles. The van der Waals surface area contributed by atoms with Gasteiger partial charge in [-0.25, -0.2) is 10.2 Å². The number of ether oxygens (including phenoxy) is 1. The molecule has 1 aromatic carbocycles. The summed E-state index contributed by atoms with van der Waals surface area (Å²) in [6.45, 7) is 6.88. The molecule has 0 radical (unpaired) electrons. The van der Waals surface area contributed by atoms with Crippen molar-refractivity contribution in [2.45, 2.75) is 52.2 Å². The van der Waals surface area contributed by atoms with Gasteiger partial charge in [-0.3, -0.25) is 14.5 Å². The molecule has 0 saturated carbocycles. The van der Waals surface area contributed by atoms with Crippen LogP contribution in [0.2, 0.25) is 0 Å². The summed E-state index contributed by atoms with van der Waals surface area (Å²) in [5, 5.41) is 4.20. The van der Waals surface area contributed by atoms with E-state index in [2.05, 4.69) is 10.5 Å². The summed E-state index contributed by atoms with van der Waals surface area (Å²) in [4.78, 5) is 38.9. The first-order valence-electron chi connectivity index (χ1n) is 9.04. The number of Topliss-reactive ketones (excluding diaryl/α,β-unsaturated/α-hetero) is 1. The Bertz CT molecular complexity index is 797. The maximum atomic E-state index is 12.7. The quantitative estimate of drug-likeness (QED) is 0.865. The largest absolute Gasteiger partial charge is 0.444 e. The second-order valence-corrected chi connectivity index (χ2v) is 8.26. The van der Waals surface area contributed by atoms with E-state index in [0.29, 0.717) is 6.42 Å². The lowest BCUT2D eigenvalue weighted by Gasteiger charge is -2.31. The number of rotatable bonds is 2. The second kappa shape index (κ2) is 6.79. The van der Waals surface area contributed by atoms with Gasteiger partial charge in [0.05, 0.1) is 17.2 Å². The fourth-order valence-corrected chi connectivity index (χ4v) is 3.62. The lowest BCUT2D eigenvalue weighted by atomic mass is 9.77. The van der Waals surface area contributed by atoms with Crippen LogP contribution in [0.15, 0.2) is 35.4 Å². The van der Waals surface area contributed by atoms with Gasteiger partial charge in [-0.1, -0.05) is 30.3 Å². The number of ketones is 1. The summed E-state index contributed by atoms with van der Waals surface area (Å²) in [6.07, 6.45) is 0.0571. The molecule has 0 unspecified atom stereocenters. The van der Waals surface area contributed by atoms with Gasteiger partial charge in [-0.15, -0.1) is 0 Å². The third-order valence-electron chi connectivity index (χ3n) is 4.92. The summed E-state index contributed by atoms with van der Waals surface area (Å²) in [7, 11) is 0. The van der Waals surface area contributed by atoms with Gasteiger partial charge in [0.25, 0.3) is 0 Å². The molecule has 27 heavy (non-hydrogen) atoms. The normalized spacial score (nSPS) is 25.2. The van der Waals surface area contributed by atoms with E-state index >= 15 is 0 Å². The molecule has 3 rings (SSSR count). The number of nitrogens with zero attached hydrogens (tertiary/aromatic N) is 2. The number of benzene rings is 1. The molecule has 1 N–H and O–H groups in total. The summed E-state index contributed by atoms with van der Waals surface area (Å²) in [5.41, 5.74) is 2.67. The SMILES string of the molecule is CC(=O)[C@@H]1C[C@@]2(CC(c3ccccc3)=NNC2=O)CN1C(=O)OC(C)(C)C. The highest BCUT2D eigenvalue weighted by atomic mass is 16.6. The summed E-state index contributed by atoms with van der Waals surface area (Å²) in [6, 6.07) is 8.88. The minimum Gasteiger partial charge on any atom is -0.444 e. The Balaban J connectivity index is 1.89. The molecule has 0 bridgehead atoms. The molecule has 144 valence electrons. The number of carbonyl (C=O) groups is 3. The van der Waals surface area contributed by atoms with Crippen LogP contribution in [0, 0.1) is 5.41 Å². The summed E-state index contributed by atoms with van der Waals surface area (Å²) >= 11 is 0. The van der Waals surface area contributed by atoms with Crippen molar-refractivity contribution in [3.63, 3.8) is 0 Å². The Hall–Kier alpha value is -2.70. The average Bonchev–Trinajstić information content (AvgIpc) is 2.98. The summed E-state index contributed by atoms with van der Waals surface area (Å²) in [5.74, 6) is -0.422. The molecule has 2 aliphatic heterocycles. The standard InChI is InChI=1S/C20H25N3O4/c1-13(24)16-11-20(12-23(16)18(26)27-19(2,3)4)10-15(21-22-17(20)25)14-8-6-5-7-9-14/h5-9,16H,10-12H2,1-4H3,(H,22,25)/t16-,20-/m0/s1. The van der Waals surface area contributed by atoms with Crippen molar-refractivity contribution in [1.82, 2.24) is 10.3 Å². The van der Waals surface area contributed by atoms with Gasteiger partial charge in [0.15, 0.2) is 5.78 Å². The predicted octanol–water partition coefficient (Wildman–Crippen LogP) is 2.50. The van der Waals surface area contributed by atoms with E-state index in [0.717, 1.165) is 11.3 Å². The van der Waals surface area contributed by atoms with E-state index < -0.39 is 23.2 Å². The van der Waals surface area contributed by atoms with Crippen LogP contribution < -0.4 is 5.43 Å². The highest BCUT2D eigenvalue weighted by Gasteiger charge is 2.54. The van der Waals surface area contributed by atoms with Crippen LogP contribution in [0.1, 0.15) is 46.1 Å². The molecule has 1 saturated heterocycles. The molecule has 0 aliphatic carbocycles. The van der Waals surface area contributed by atoms with Crippen molar-refractivity contribution in [3.8, 4) is 0 Å². The molecule has 7 heteroatoms. The number of nitrogens with one attached hydrogen (secondary N) is 1. The van der Waals surface area contributed by atoms with E-state index in [4.69, 9.17) is 4.74 Å². The van der Waals surface area contributed by atoms with Crippen molar-refractivity contribution in [2.24, 2.45) is 10.5 Å². The average molecular weight is 371 g/mol. The number of carbonyl (C=O) groups excluding carboxylic acids is 3. The van der Waals surface area contributed by atoms with Crippen LogP contribution in [-0.2, 0) is 14.3 Å². The van der Waals surface area contributed by atoms with E-state index in [1.165, 1.54) is 11.8 Å². The Kier molecular flexibility index (Phi) is 4.80. The van der Waals surface area contributed by atoms with Gasteiger partial charge in [-0.2, -0.15) is 5.10 Å². The first kappa shape index (κ1) is 19.1. The Morgan fingerprint density at radius 3 is 2.52 bits per heavy atom. The van der Waals surface area contributed by atoms with Crippen LogP contribution in [0.4, 0.5) is 4.79 Å². The third-order valence-corrected chi connectivity index (χ3v) is 4.92. The first-order chi connectivity index (χ1) is 12.6. The monoisotopic (exact) mass is 371 g/mol. The molecule has 1 aromatic rings. The fraction of sp³-hybridized carbons (Fsp3) is 0.500. The van der Waals surface area contributed by atoms with E-state index in [1.807, 2.05) is 30.3 Å². The minimum absolute atomic E-state index is 0.129. The van der Waals surface area contributed by atoms with Gasteiger partial charge in [0, 0.05) is 13.0 Å². The number of hydrogen-bond acceptors (Lipinski definition) is 5. The minimum atomic E-state index is -0.889. The van der Waals surface area contributed by atoms with Crippen LogP contribution >= 0.6 is 0 Å². The molecule has 2 atom stereocenters. The first-order valence-corrected chi connectivity index (χ1v) is 9.04. The van der Waals surface area contributed by atoms with Crippen molar-refractivity contribution < 1.29 is 19.1 Å². The fourth-order valence-electron chi connectivity index (χ4n) is 3.62. The lowest BCUT2D eigenvalue weighted by Crippen LogP contribution is -2.47.